The fourth-order valence-electron chi connectivity index (χ4n) is 1.20. The molecule has 3 N–H and O–H groups in total. The molecule has 0 unspecified atom stereocenters. The smallest absolute Gasteiger partial charge is 0.00205 e. The molecule has 0 amide bonds. The maximum absolute atomic E-state index is 5.38. The van der Waals surface area contributed by atoms with Crippen LogP contribution in [0.4, 0.5) is 0 Å². The van der Waals surface area contributed by atoms with Crippen LogP contribution in [0.15, 0.2) is 0 Å². The van der Waals surface area contributed by atoms with Crippen LogP contribution in [0.1, 0.15) is 32.1 Å². The molecule has 11 heavy (non-hydrogen) atoms. The van der Waals surface area contributed by atoms with Crippen molar-refractivity contribution in [2.75, 3.05) is 19.6 Å². The van der Waals surface area contributed by atoms with Gasteiger partial charge in [0.15, 0.2) is 0 Å². The summed E-state index contributed by atoms with van der Waals surface area (Å²) < 4.78 is 0. The second kappa shape index (κ2) is 5.56. The van der Waals surface area contributed by atoms with Gasteiger partial charge in [0.1, 0.15) is 0 Å². The zero-order valence-electron chi connectivity index (χ0n) is 7.31. The lowest BCUT2D eigenvalue weighted by molar-refractivity contribution is 0.585. The highest BCUT2D eigenvalue weighted by molar-refractivity contribution is 4.74. The van der Waals surface area contributed by atoms with Gasteiger partial charge in [-0.05, 0) is 51.2 Å². The Morgan fingerprint density at radius 3 is 2.64 bits per heavy atom. The van der Waals surface area contributed by atoms with E-state index in [2.05, 4.69) is 5.32 Å². The van der Waals surface area contributed by atoms with E-state index in [1.165, 1.54) is 45.2 Å². The molecule has 0 saturated heterocycles. The molecule has 2 heteroatoms. The maximum atomic E-state index is 5.38. The summed E-state index contributed by atoms with van der Waals surface area (Å²) in [6.45, 7) is 3.29. The highest BCUT2D eigenvalue weighted by Gasteiger charge is 2.19. The van der Waals surface area contributed by atoms with E-state index in [1.807, 2.05) is 0 Å². The lowest BCUT2D eigenvalue weighted by Gasteiger charge is -2.01. The van der Waals surface area contributed by atoms with Gasteiger partial charge in [-0.15, -0.1) is 0 Å². The second-order valence-electron chi connectivity index (χ2n) is 3.50. The molecule has 1 rings (SSSR count). The van der Waals surface area contributed by atoms with Crippen LogP contribution < -0.4 is 11.1 Å². The third-order valence-corrected chi connectivity index (χ3v) is 2.19. The molecule has 0 atom stereocenters. The lowest BCUT2D eigenvalue weighted by atomic mass is 10.2. The molecule has 2 nitrogen and oxygen atoms in total. The predicted molar refractivity (Wildman–Crippen MR) is 48.5 cm³/mol. The molecule has 1 saturated carbocycles. The number of hydrogen-bond donors (Lipinski definition) is 2. The summed E-state index contributed by atoms with van der Waals surface area (Å²) in [7, 11) is 0. The topological polar surface area (TPSA) is 38.0 Å². The monoisotopic (exact) mass is 156 g/mol. The van der Waals surface area contributed by atoms with E-state index in [0.717, 1.165) is 12.5 Å². The van der Waals surface area contributed by atoms with Crippen LogP contribution in [0.3, 0.4) is 0 Å². The number of nitrogens with two attached hydrogens (primary N) is 1. The van der Waals surface area contributed by atoms with E-state index in [0.29, 0.717) is 0 Å². The largest absolute Gasteiger partial charge is 0.330 e. The Bertz CT molecular complexity index is 89.6. The number of hydrogen-bond acceptors (Lipinski definition) is 2. The molecular formula is C9H20N2. The van der Waals surface area contributed by atoms with Gasteiger partial charge in [-0.25, -0.2) is 0 Å². The SMILES string of the molecule is NCCCCCNCC1CC1. The number of unbranched alkanes of at least 4 members (excludes halogenated alkanes) is 2. The third kappa shape index (κ3) is 5.22. The molecule has 1 fully saturated rings. The second-order valence-corrected chi connectivity index (χ2v) is 3.50. The van der Waals surface area contributed by atoms with E-state index in [-0.39, 0.29) is 0 Å². The normalized spacial score (nSPS) is 17.2. The van der Waals surface area contributed by atoms with Gasteiger partial charge in [-0.2, -0.15) is 0 Å². The minimum Gasteiger partial charge on any atom is -0.330 e. The van der Waals surface area contributed by atoms with Crippen LogP contribution in [-0.4, -0.2) is 19.6 Å². The molecule has 0 aromatic heterocycles. The van der Waals surface area contributed by atoms with Crippen molar-refractivity contribution in [2.24, 2.45) is 11.7 Å². The fourth-order valence-corrected chi connectivity index (χ4v) is 1.20. The van der Waals surface area contributed by atoms with E-state index < -0.39 is 0 Å². The number of nitrogens with one attached hydrogen (secondary N) is 1. The van der Waals surface area contributed by atoms with E-state index in [1.54, 1.807) is 0 Å². The summed E-state index contributed by atoms with van der Waals surface area (Å²) in [6, 6.07) is 0. The van der Waals surface area contributed by atoms with Gasteiger partial charge in [-0.3, -0.25) is 0 Å². The van der Waals surface area contributed by atoms with Crippen molar-refractivity contribution < 1.29 is 0 Å². The van der Waals surface area contributed by atoms with E-state index >= 15 is 0 Å². The van der Waals surface area contributed by atoms with Crippen molar-refractivity contribution in [2.45, 2.75) is 32.1 Å². The Hall–Kier alpha value is -0.0800. The molecule has 1 aliphatic rings. The molecule has 1 aliphatic carbocycles. The summed E-state index contributed by atoms with van der Waals surface area (Å²) >= 11 is 0. The first kappa shape index (κ1) is 9.01. The molecule has 66 valence electrons. The summed E-state index contributed by atoms with van der Waals surface area (Å²) in [5.41, 5.74) is 5.38. The van der Waals surface area contributed by atoms with Crippen LogP contribution in [0.25, 0.3) is 0 Å². The van der Waals surface area contributed by atoms with Crippen molar-refractivity contribution >= 4 is 0 Å². The van der Waals surface area contributed by atoms with Gasteiger partial charge in [-0.1, -0.05) is 6.42 Å². The van der Waals surface area contributed by atoms with Gasteiger partial charge in [0.2, 0.25) is 0 Å². The summed E-state index contributed by atoms with van der Waals surface area (Å²) in [6.07, 6.45) is 6.68. The zero-order chi connectivity index (χ0) is 7.94. The molecule has 0 heterocycles. The minimum absolute atomic E-state index is 0.850. The Balaban J connectivity index is 1.66. The Morgan fingerprint density at radius 1 is 1.18 bits per heavy atom. The molecule has 0 aromatic carbocycles. The van der Waals surface area contributed by atoms with Crippen LogP contribution >= 0.6 is 0 Å². The lowest BCUT2D eigenvalue weighted by Crippen LogP contribution is -2.18. The molecule has 0 aromatic rings. The van der Waals surface area contributed by atoms with Crippen molar-refractivity contribution in [1.29, 1.82) is 0 Å². The van der Waals surface area contributed by atoms with E-state index in [9.17, 15) is 0 Å². The zero-order valence-corrected chi connectivity index (χ0v) is 7.31. The quantitative estimate of drug-likeness (QED) is 0.542. The van der Waals surface area contributed by atoms with Gasteiger partial charge >= 0.3 is 0 Å². The third-order valence-electron chi connectivity index (χ3n) is 2.19. The molecule has 0 radical (unpaired) electrons. The highest BCUT2D eigenvalue weighted by atomic mass is 14.9. The summed E-state index contributed by atoms with van der Waals surface area (Å²) in [5, 5.41) is 3.47. The first-order valence-corrected chi connectivity index (χ1v) is 4.84. The van der Waals surface area contributed by atoms with Crippen LogP contribution in [0, 0.1) is 5.92 Å². The van der Waals surface area contributed by atoms with Gasteiger partial charge in [0.25, 0.3) is 0 Å². The molecule has 0 aliphatic heterocycles. The fraction of sp³-hybridized carbons (Fsp3) is 1.00. The van der Waals surface area contributed by atoms with Crippen LogP contribution in [0.2, 0.25) is 0 Å². The molecule has 0 spiro atoms. The minimum atomic E-state index is 0.850. The highest BCUT2D eigenvalue weighted by Crippen LogP contribution is 2.27. The molecular weight excluding hydrogens is 136 g/mol. The average Bonchev–Trinajstić information content (AvgIpc) is 2.80. The Kier molecular flexibility index (Phi) is 4.55. The summed E-state index contributed by atoms with van der Waals surface area (Å²) in [4.78, 5) is 0. The first-order chi connectivity index (χ1) is 5.43. The standard InChI is InChI=1S/C9H20N2/c10-6-2-1-3-7-11-8-9-4-5-9/h9,11H,1-8,10H2. The van der Waals surface area contributed by atoms with Gasteiger partial charge in [0, 0.05) is 0 Å². The molecule has 0 bridgehead atoms. The van der Waals surface area contributed by atoms with Crippen LogP contribution in [-0.2, 0) is 0 Å². The Labute approximate surface area is 69.5 Å². The van der Waals surface area contributed by atoms with Crippen molar-refractivity contribution in [3.05, 3.63) is 0 Å². The first-order valence-electron chi connectivity index (χ1n) is 4.84. The van der Waals surface area contributed by atoms with Gasteiger partial charge < -0.3 is 11.1 Å². The van der Waals surface area contributed by atoms with Crippen molar-refractivity contribution in [3.8, 4) is 0 Å². The number of rotatable bonds is 7. The van der Waals surface area contributed by atoms with Crippen molar-refractivity contribution in [3.63, 3.8) is 0 Å². The van der Waals surface area contributed by atoms with Crippen molar-refractivity contribution in [1.82, 2.24) is 5.32 Å². The Morgan fingerprint density at radius 2 is 2.00 bits per heavy atom. The van der Waals surface area contributed by atoms with Gasteiger partial charge in [0.05, 0.1) is 0 Å². The summed E-state index contributed by atoms with van der Waals surface area (Å²) in [5.74, 6) is 1.02. The van der Waals surface area contributed by atoms with E-state index in [4.69, 9.17) is 5.73 Å². The average molecular weight is 156 g/mol. The predicted octanol–water partition coefficient (Wildman–Crippen LogP) is 1.11. The maximum Gasteiger partial charge on any atom is -0.00205 e. The van der Waals surface area contributed by atoms with Crippen LogP contribution in [0.5, 0.6) is 0 Å².